The van der Waals surface area contributed by atoms with Gasteiger partial charge in [-0.05, 0) is 24.1 Å². The van der Waals surface area contributed by atoms with Gasteiger partial charge in [0.1, 0.15) is 0 Å². The Morgan fingerprint density at radius 1 is 1.42 bits per heavy atom. The fraction of sp³-hybridized carbons (Fsp3) is 0.308. The van der Waals surface area contributed by atoms with E-state index in [0.29, 0.717) is 18.5 Å². The van der Waals surface area contributed by atoms with Crippen molar-refractivity contribution in [3.8, 4) is 0 Å². The first kappa shape index (κ1) is 11.7. The van der Waals surface area contributed by atoms with E-state index >= 15 is 0 Å². The summed E-state index contributed by atoms with van der Waals surface area (Å²) in [5, 5.41) is 7.42. The number of nitrogens with zero attached hydrogens (tertiary/aromatic N) is 2. The molecule has 1 aliphatic rings. The maximum Gasteiger partial charge on any atom is 0.234 e. The number of benzene rings is 1. The molecule has 3 N–H and O–H groups in total. The van der Waals surface area contributed by atoms with Crippen LogP contribution in [0, 0.1) is 0 Å². The number of nitrogen functional groups attached to an aromatic ring is 1. The summed E-state index contributed by atoms with van der Waals surface area (Å²) in [7, 11) is 1.82. The lowest BCUT2D eigenvalue weighted by molar-refractivity contribution is -0.134. The van der Waals surface area contributed by atoms with E-state index in [9.17, 15) is 9.59 Å². The molecule has 3 rings (SSSR count). The molecular weight excluding hydrogens is 244 g/mol. The van der Waals surface area contributed by atoms with Gasteiger partial charge >= 0.3 is 0 Å². The smallest absolute Gasteiger partial charge is 0.234 e. The Kier molecular flexibility index (Phi) is 2.51. The minimum absolute atomic E-state index is 0.211. The second-order valence-corrected chi connectivity index (χ2v) is 4.82. The highest BCUT2D eigenvalue weighted by Crippen LogP contribution is 2.30. The minimum atomic E-state index is -0.315. The van der Waals surface area contributed by atoms with Crippen molar-refractivity contribution < 1.29 is 9.59 Å². The van der Waals surface area contributed by atoms with Crippen LogP contribution in [0.4, 0.5) is 5.69 Å². The number of carbonyl (C=O) groups is 2. The van der Waals surface area contributed by atoms with E-state index in [4.69, 9.17) is 5.73 Å². The highest BCUT2D eigenvalue weighted by Gasteiger charge is 2.28. The van der Waals surface area contributed by atoms with Crippen LogP contribution in [0.5, 0.6) is 0 Å². The fourth-order valence-corrected chi connectivity index (χ4v) is 2.60. The van der Waals surface area contributed by atoms with Crippen LogP contribution < -0.4 is 11.1 Å². The van der Waals surface area contributed by atoms with E-state index in [1.807, 2.05) is 13.1 Å². The highest BCUT2D eigenvalue weighted by atomic mass is 16.2. The Hall–Kier alpha value is -2.37. The second kappa shape index (κ2) is 4.08. The van der Waals surface area contributed by atoms with Crippen LogP contribution in [0.3, 0.4) is 0 Å². The number of aromatic nitrogens is 2. The number of nitrogens with one attached hydrogen (secondary N) is 1. The van der Waals surface area contributed by atoms with Crippen molar-refractivity contribution in [2.24, 2.45) is 7.05 Å². The van der Waals surface area contributed by atoms with E-state index in [0.717, 1.165) is 16.5 Å². The van der Waals surface area contributed by atoms with Crippen LogP contribution in [-0.2, 0) is 16.6 Å². The molecule has 2 aromatic rings. The van der Waals surface area contributed by atoms with Crippen LogP contribution in [0.1, 0.15) is 24.3 Å². The van der Waals surface area contributed by atoms with E-state index in [-0.39, 0.29) is 17.7 Å². The average molecular weight is 258 g/mol. The van der Waals surface area contributed by atoms with Gasteiger partial charge in [-0.2, -0.15) is 5.10 Å². The molecular formula is C13H14N4O2. The second-order valence-electron chi connectivity index (χ2n) is 4.82. The Bertz CT molecular complexity index is 689. The van der Waals surface area contributed by atoms with E-state index in [2.05, 4.69) is 10.4 Å². The van der Waals surface area contributed by atoms with Crippen molar-refractivity contribution >= 4 is 28.4 Å². The molecule has 1 aromatic heterocycles. The van der Waals surface area contributed by atoms with Gasteiger partial charge in [0, 0.05) is 18.9 Å². The number of fused-ring (bicyclic) bond motifs is 1. The number of hydrogen-bond acceptors (Lipinski definition) is 4. The maximum absolute atomic E-state index is 11.9. The van der Waals surface area contributed by atoms with E-state index in [1.165, 1.54) is 0 Å². The molecule has 1 unspecified atom stereocenters. The van der Waals surface area contributed by atoms with Crippen molar-refractivity contribution in [3.63, 3.8) is 0 Å². The number of aryl methyl sites for hydroxylation is 1. The Labute approximate surface area is 109 Å². The molecule has 1 aromatic carbocycles. The molecule has 1 atom stereocenters. The van der Waals surface area contributed by atoms with Gasteiger partial charge in [-0.15, -0.1) is 0 Å². The van der Waals surface area contributed by atoms with Gasteiger partial charge in [-0.3, -0.25) is 19.6 Å². The molecule has 2 amide bonds. The number of rotatable bonds is 1. The molecule has 2 heterocycles. The summed E-state index contributed by atoms with van der Waals surface area (Å²) in [6, 6.07) is 3.71. The van der Waals surface area contributed by atoms with Crippen molar-refractivity contribution in [2.45, 2.75) is 18.8 Å². The first-order valence-electron chi connectivity index (χ1n) is 6.11. The molecule has 1 aliphatic heterocycles. The van der Waals surface area contributed by atoms with E-state index in [1.54, 1.807) is 16.9 Å². The molecule has 98 valence electrons. The zero-order valence-corrected chi connectivity index (χ0v) is 10.5. The summed E-state index contributed by atoms with van der Waals surface area (Å²) in [5.74, 6) is -0.778. The van der Waals surface area contributed by atoms with Gasteiger partial charge < -0.3 is 5.73 Å². The SMILES string of the molecule is Cn1ncc2cc(C3CCC(=O)NC3=O)cc(N)c21. The van der Waals surface area contributed by atoms with Gasteiger partial charge in [0.25, 0.3) is 0 Å². The Balaban J connectivity index is 2.06. The van der Waals surface area contributed by atoms with Gasteiger partial charge in [-0.1, -0.05) is 0 Å². The number of hydrogen-bond donors (Lipinski definition) is 2. The molecule has 0 aliphatic carbocycles. The number of imide groups is 1. The molecule has 19 heavy (non-hydrogen) atoms. The zero-order chi connectivity index (χ0) is 13.6. The lowest BCUT2D eigenvalue weighted by Gasteiger charge is -2.21. The third-order valence-corrected chi connectivity index (χ3v) is 3.53. The summed E-state index contributed by atoms with van der Waals surface area (Å²) in [4.78, 5) is 23.0. The maximum atomic E-state index is 11.9. The lowest BCUT2D eigenvalue weighted by Crippen LogP contribution is -2.39. The van der Waals surface area contributed by atoms with Gasteiger partial charge in [0.15, 0.2) is 0 Å². The zero-order valence-electron chi connectivity index (χ0n) is 10.5. The molecule has 1 saturated heterocycles. The highest BCUT2D eigenvalue weighted by molar-refractivity contribution is 6.02. The Morgan fingerprint density at radius 2 is 2.21 bits per heavy atom. The molecule has 6 nitrogen and oxygen atoms in total. The van der Waals surface area contributed by atoms with Gasteiger partial charge in [0.05, 0.1) is 23.3 Å². The van der Waals surface area contributed by atoms with Gasteiger partial charge in [-0.25, -0.2) is 0 Å². The largest absolute Gasteiger partial charge is 0.397 e. The summed E-state index contributed by atoms with van der Waals surface area (Å²) in [5.41, 5.74) is 8.31. The predicted octanol–water partition coefficient (Wildman–Crippen LogP) is 0.676. The van der Waals surface area contributed by atoms with Gasteiger partial charge in [0.2, 0.25) is 11.8 Å². The standard InChI is InChI=1S/C13H14N4O2/c1-17-12-8(6-15-17)4-7(5-10(12)14)9-2-3-11(18)16-13(9)19/h4-6,9H,2-3,14H2,1H3,(H,16,18,19). The lowest BCUT2D eigenvalue weighted by atomic mass is 9.89. The quantitative estimate of drug-likeness (QED) is 0.581. The third-order valence-electron chi connectivity index (χ3n) is 3.53. The van der Waals surface area contributed by atoms with Crippen LogP contribution in [0.15, 0.2) is 18.3 Å². The topological polar surface area (TPSA) is 90.0 Å². The molecule has 0 saturated carbocycles. The van der Waals surface area contributed by atoms with Crippen LogP contribution in [0.2, 0.25) is 0 Å². The summed E-state index contributed by atoms with van der Waals surface area (Å²) >= 11 is 0. The third kappa shape index (κ3) is 1.85. The first-order valence-corrected chi connectivity index (χ1v) is 6.11. The van der Waals surface area contributed by atoms with Crippen molar-refractivity contribution in [3.05, 3.63) is 23.9 Å². The Morgan fingerprint density at radius 3 is 2.95 bits per heavy atom. The number of nitrogens with two attached hydrogens (primary N) is 1. The van der Waals surface area contributed by atoms with Crippen LogP contribution in [-0.4, -0.2) is 21.6 Å². The summed E-state index contributed by atoms with van der Waals surface area (Å²) < 4.78 is 1.71. The normalized spacial score (nSPS) is 19.7. The number of anilines is 1. The van der Waals surface area contributed by atoms with Crippen LogP contribution >= 0.6 is 0 Å². The minimum Gasteiger partial charge on any atom is -0.397 e. The molecule has 0 bridgehead atoms. The number of amides is 2. The van der Waals surface area contributed by atoms with Crippen LogP contribution in [0.25, 0.3) is 10.9 Å². The first-order chi connectivity index (χ1) is 9.06. The summed E-state index contributed by atoms with van der Waals surface area (Å²) in [6.45, 7) is 0. The molecule has 6 heteroatoms. The molecule has 1 fully saturated rings. The van der Waals surface area contributed by atoms with E-state index < -0.39 is 0 Å². The predicted molar refractivity (Wildman–Crippen MR) is 70.3 cm³/mol. The van der Waals surface area contributed by atoms with Crippen molar-refractivity contribution in [1.82, 2.24) is 15.1 Å². The monoisotopic (exact) mass is 258 g/mol. The van der Waals surface area contributed by atoms with Crippen molar-refractivity contribution in [2.75, 3.05) is 5.73 Å². The number of piperidine rings is 1. The summed E-state index contributed by atoms with van der Waals surface area (Å²) in [6.07, 6.45) is 2.61. The molecule has 0 radical (unpaired) electrons. The molecule has 0 spiro atoms. The van der Waals surface area contributed by atoms with Crippen molar-refractivity contribution in [1.29, 1.82) is 0 Å². The average Bonchev–Trinajstić information content (AvgIpc) is 2.71. The number of carbonyl (C=O) groups excluding carboxylic acids is 2. The fourth-order valence-electron chi connectivity index (χ4n) is 2.60.